The molecule has 4 aliphatic rings. The van der Waals surface area contributed by atoms with Crippen molar-refractivity contribution in [2.45, 2.75) is 19.3 Å². The summed E-state index contributed by atoms with van der Waals surface area (Å²) in [6, 6.07) is 0. The summed E-state index contributed by atoms with van der Waals surface area (Å²) >= 11 is 0. The fourth-order valence-corrected chi connectivity index (χ4v) is 3.72. The summed E-state index contributed by atoms with van der Waals surface area (Å²) in [4.78, 5) is 32.8. The van der Waals surface area contributed by atoms with Crippen molar-refractivity contribution in [2.24, 2.45) is 23.7 Å². The van der Waals surface area contributed by atoms with E-state index in [9.17, 15) is 14.4 Å². The third-order valence-electron chi connectivity index (χ3n) is 4.34. The Kier molecular flexibility index (Phi) is 1.89. The second kappa shape index (κ2) is 3.17. The van der Waals surface area contributed by atoms with Crippen molar-refractivity contribution in [3.63, 3.8) is 0 Å². The highest BCUT2D eigenvalue weighted by atomic mass is 16.1. The van der Waals surface area contributed by atoms with Crippen molar-refractivity contribution >= 4 is 17.8 Å². The van der Waals surface area contributed by atoms with Crippen LogP contribution in [0.15, 0.2) is 16.7 Å². The first-order valence-electron chi connectivity index (χ1n) is 5.54. The average molecular weight is 214 g/mol. The van der Waals surface area contributed by atoms with Gasteiger partial charge >= 0.3 is 0 Å². The molecule has 4 unspecified atom stereocenters. The molecule has 0 saturated heterocycles. The second-order valence-electron chi connectivity index (χ2n) is 4.88. The predicted molar refractivity (Wildman–Crippen MR) is 55.4 cm³/mol. The van der Waals surface area contributed by atoms with Gasteiger partial charge in [0.05, 0.1) is 0 Å². The van der Waals surface area contributed by atoms with E-state index in [-0.39, 0.29) is 23.7 Å². The van der Waals surface area contributed by atoms with Crippen LogP contribution in [0.3, 0.4) is 0 Å². The monoisotopic (exact) mass is 214 g/mol. The van der Waals surface area contributed by atoms with E-state index < -0.39 is 0 Å². The van der Waals surface area contributed by atoms with Crippen molar-refractivity contribution in [2.75, 3.05) is 0 Å². The van der Waals surface area contributed by atoms with Gasteiger partial charge in [0.15, 0.2) is 0 Å². The van der Waals surface area contributed by atoms with Gasteiger partial charge in [-0.3, -0.25) is 0 Å². The molecule has 4 fully saturated rings. The van der Waals surface area contributed by atoms with Crippen LogP contribution in [0, 0.1) is 23.7 Å². The van der Waals surface area contributed by atoms with Crippen molar-refractivity contribution in [3.05, 3.63) is 16.7 Å². The Bertz CT molecular complexity index is 471. The number of hydrogen-bond acceptors (Lipinski definition) is 3. The molecule has 0 aromatic rings. The van der Waals surface area contributed by atoms with Gasteiger partial charge in [-0.05, 0) is 31.1 Å². The third-order valence-corrected chi connectivity index (χ3v) is 4.34. The van der Waals surface area contributed by atoms with Crippen LogP contribution in [0.2, 0.25) is 0 Å². The summed E-state index contributed by atoms with van der Waals surface area (Å²) in [5.41, 5.74) is 2.05. The molecule has 4 aliphatic carbocycles. The summed E-state index contributed by atoms with van der Waals surface area (Å²) in [5.74, 6) is 6.22. The van der Waals surface area contributed by atoms with Crippen molar-refractivity contribution in [1.29, 1.82) is 0 Å². The highest BCUT2D eigenvalue weighted by Gasteiger charge is 2.52. The Hall–Kier alpha value is -1.65. The van der Waals surface area contributed by atoms with Crippen LogP contribution in [-0.2, 0) is 14.4 Å². The number of allylic oxidation sites excluding steroid dienone is 3. The standard InChI is InChI=1S/C13H10O3/c14-4-11-7-1-8-3-10(11)13(6-16)9(2-7)12(8)5-15/h7-10H,1-3H2. The molecule has 0 aliphatic heterocycles. The molecule has 0 amide bonds. The minimum absolute atomic E-state index is 0.0883. The smallest absolute Gasteiger partial charge is 0.124 e. The fraction of sp³-hybridized carbons (Fsp3) is 0.538. The minimum atomic E-state index is -0.0883. The molecule has 0 radical (unpaired) electrons. The zero-order valence-corrected chi connectivity index (χ0v) is 8.66. The van der Waals surface area contributed by atoms with Gasteiger partial charge in [-0.15, -0.1) is 0 Å². The molecule has 4 atom stereocenters. The summed E-state index contributed by atoms with van der Waals surface area (Å²) in [7, 11) is 0. The molecule has 0 N–H and O–H groups in total. The third kappa shape index (κ3) is 0.977. The highest BCUT2D eigenvalue weighted by molar-refractivity contribution is 5.71. The minimum Gasteiger partial charge on any atom is -0.234 e. The SMILES string of the molecule is O=C=C1C2CC3CC1C(=C=O)C(C2)C3=C=O. The Labute approximate surface area is 92.5 Å². The lowest BCUT2D eigenvalue weighted by Gasteiger charge is -2.50. The largest absolute Gasteiger partial charge is 0.234 e. The van der Waals surface area contributed by atoms with Gasteiger partial charge in [0.25, 0.3) is 0 Å². The Balaban J connectivity index is 2.19. The van der Waals surface area contributed by atoms with Crippen molar-refractivity contribution < 1.29 is 14.4 Å². The van der Waals surface area contributed by atoms with Crippen LogP contribution >= 0.6 is 0 Å². The van der Waals surface area contributed by atoms with E-state index in [2.05, 4.69) is 0 Å². The van der Waals surface area contributed by atoms with Gasteiger partial charge in [0.2, 0.25) is 0 Å². The Morgan fingerprint density at radius 1 is 0.688 bits per heavy atom. The maximum Gasteiger partial charge on any atom is 0.124 e. The van der Waals surface area contributed by atoms with Crippen molar-refractivity contribution in [3.8, 4) is 0 Å². The molecule has 4 saturated carbocycles. The molecule has 0 aromatic carbocycles. The van der Waals surface area contributed by atoms with Gasteiger partial charge in [0.1, 0.15) is 17.8 Å². The molecule has 3 nitrogen and oxygen atoms in total. The lowest BCUT2D eigenvalue weighted by atomic mass is 9.51. The lowest BCUT2D eigenvalue weighted by molar-refractivity contribution is 0.190. The molecule has 4 rings (SSSR count). The van der Waals surface area contributed by atoms with Crippen LogP contribution in [-0.4, -0.2) is 17.8 Å². The molecule has 0 spiro atoms. The van der Waals surface area contributed by atoms with Gasteiger partial charge in [0, 0.05) is 28.6 Å². The summed E-state index contributed by atoms with van der Waals surface area (Å²) in [6.45, 7) is 0. The molecule has 3 heteroatoms. The molecular formula is C13H10O3. The Morgan fingerprint density at radius 2 is 1.12 bits per heavy atom. The molecule has 16 heavy (non-hydrogen) atoms. The van der Waals surface area contributed by atoms with Crippen molar-refractivity contribution in [1.82, 2.24) is 0 Å². The first-order valence-corrected chi connectivity index (χ1v) is 5.54. The van der Waals surface area contributed by atoms with E-state index in [1.165, 1.54) is 0 Å². The zero-order valence-electron chi connectivity index (χ0n) is 8.66. The van der Waals surface area contributed by atoms with E-state index in [1.54, 1.807) is 0 Å². The van der Waals surface area contributed by atoms with Gasteiger partial charge < -0.3 is 0 Å². The van der Waals surface area contributed by atoms with Crippen LogP contribution in [0.1, 0.15) is 19.3 Å². The second-order valence-corrected chi connectivity index (χ2v) is 4.88. The number of rotatable bonds is 0. The molecule has 0 heterocycles. The molecular weight excluding hydrogens is 204 g/mol. The lowest BCUT2D eigenvalue weighted by Crippen LogP contribution is -2.44. The topological polar surface area (TPSA) is 51.2 Å². The maximum absolute atomic E-state index is 11.0. The van der Waals surface area contributed by atoms with E-state index in [0.717, 1.165) is 17.6 Å². The van der Waals surface area contributed by atoms with Crippen LogP contribution in [0.4, 0.5) is 0 Å². The highest BCUT2D eigenvalue weighted by Crippen LogP contribution is 2.58. The first-order chi connectivity index (χ1) is 7.80. The normalized spacial score (nSPS) is 39.4. The Morgan fingerprint density at radius 3 is 1.50 bits per heavy atom. The number of hydrogen-bond donors (Lipinski definition) is 0. The average Bonchev–Trinajstić information content (AvgIpc) is 2.29. The van der Waals surface area contributed by atoms with Crippen LogP contribution in [0.25, 0.3) is 0 Å². The quantitative estimate of drug-likeness (QED) is 0.564. The predicted octanol–water partition coefficient (Wildman–Crippen LogP) is 0.936. The summed E-state index contributed by atoms with van der Waals surface area (Å²) in [5, 5.41) is 0. The van der Waals surface area contributed by atoms with Crippen LogP contribution < -0.4 is 0 Å². The van der Waals surface area contributed by atoms with E-state index in [0.29, 0.717) is 18.4 Å². The molecule has 80 valence electrons. The fourth-order valence-electron chi connectivity index (χ4n) is 3.72. The van der Waals surface area contributed by atoms with E-state index in [1.807, 2.05) is 17.8 Å². The zero-order chi connectivity index (χ0) is 11.3. The van der Waals surface area contributed by atoms with Crippen LogP contribution in [0.5, 0.6) is 0 Å². The summed E-state index contributed by atoms with van der Waals surface area (Å²) in [6.07, 6.45) is 2.26. The van der Waals surface area contributed by atoms with E-state index >= 15 is 0 Å². The van der Waals surface area contributed by atoms with Gasteiger partial charge in [-0.1, -0.05) is 0 Å². The summed E-state index contributed by atoms with van der Waals surface area (Å²) < 4.78 is 0. The number of carbonyl (C=O) groups excluding carboxylic acids is 3. The van der Waals surface area contributed by atoms with Gasteiger partial charge in [-0.2, -0.15) is 0 Å². The molecule has 0 aromatic heterocycles. The molecule has 4 bridgehead atoms. The van der Waals surface area contributed by atoms with E-state index in [4.69, 9.17) is 0 Å². The van der Waals surface area contributed by atoms with Gasteiger partial charge in [-0.25, -0.2) is 14.4 Å². The maximum atomic E-state index is 11.0. The first kappa shape index (κ1) is 9.57.